The minimum Gasteiger partial charge on any atom is -0.366 e. The standard InChI is InChI=1S/C19H22ClF2N5/c1-23-19(24-7-6-14-2-5-18(20)25-13-14)27-10-8-26(9-11-27)17-12-15(21)3-4-16(17)22/h2-5,12-13H,6-11H2,1H3,(H,23,24). The molecule has 5 nitrogen and oxygen atoms in total. The Morgan fingerprint density at radius 3 is 2.63 bits per heavy atom. The van der Waals surface area contributed by atoms with Crippen LogP contribution >= 0.6 is 11.6 Å². The number of aliphatic imine (C=N–C) groups is 1. The van der Waals surface area contributed by atoms with Crippen LogP contribution in [0.4, 0.5) is 14.5 Å². The molecular formula is C19H22ClF2N5. The summed E-state index contributed by atoms with van der Waals surface area (Å²) < 4.78 is 27.4. The van der Waals surface area contributed by atoms with Crippen molar-refractivity contribution in [2.45, 2.75) is 6.42 Å². The van der Waals surface area contributed by atoms with Crippen molar-refractivity contribution in [2.75, 3.05) is 44.7 Å². The number of halogens is 3. The Balaban J connectivity index is 1.51. The van der Waals surface area contributed by atoms with Crippen LogP contribution in [0, 0.1) is 11.6 Å². The number of nitrogens with one attached hydrogen (secondary N) is 1. The summed E-state index contributed by atoms with van der Waals surface area (Å²) in [4.78, 5) is 12.4. The van der Waals surface area contributed by atoms with Crippen molar-refractivity contribution in [1.29, 1.82) is 0 Å². The van der Waals surface area contributed by atoms with Gasteiger partial charge < -0.3 is 15.1 Å². The first kappa shape index (κ1) is 19.4. The average molecular weight is 394 g/mol. The van der Waals surface area contributed by atoms with Gasteiger partial charge >= 0.3 is 0 Å². The summed E-state index contributed by atoms with van der Waals surface area (Å²) in [7, 11) is 1.74. The molecule has 0 radical (unpaired) electrons. The summed E-state index contributed by atoms with van der Waals surface area (Å²) in [5.74, 6) is -0.0248. The number of hydrogen-bond acceptors (Lipinski definition) is 3. The fraction of sp³-hybridized carbons (Fsp3) is 0.368. The molecule has 1 saturated heterocycles. The maximum Gasteiger partial charge on any atom is 0.193 e. The molecule has 1 aliphatic rings. The minimum absolute atomic E-state index is 0.313. The van der Waals surface area contributed by atoms with E-state index in [0.717, 1.165) is 24.0 Å². The highest BCUT2D eigenvalue weighted by Gasteiger charge is 2.21. The van der Waals surface area contributed by atoms with Crippen LogP contribution in [0.1, 0.15) is 5.56 Å². The van der Waals surface area contributed by atoms with Gasteiger partial charge in [-0.05, 0) is 30.2 Å². The number of aromatic nitrogens is 1. The Labute approximate surface area is 162 Å². The predicted octanol–water partition coefficient (Wildman–Crippen LogP) is 2.95. The average Bonchev–Trinajstić information content (AvgIpc) is 2.69. The third-order valence-corrected chi connectivity index (χ3v) is 4.75. The van der Waals surface area contributed by atoms with Crippen molar-refractivity contribution >= 4 is 23.2 Å². The Bertz CT molecular complexity index is 789. The molecule has 0 saturated carbocycles. The second-order valence-corrected chi connectivity index (χ2v) is 6.67. The fourth-order valence-corrected chi connectivity index (χ4v) is 3.20. The van der Waals surface area contributed by atoms with Crippen molar-refractivity contribution in [3.63, 3.8) is 0 Å². The van der Waals surface area contributed by atoms with E-state index < -0.39 is 11.6 Å². The van der Waals surface area contributed by atoms with Gasteiger partial charge in [-0.1, -0.05) is 17.7 Å². The van der Waals surface area contributed by atoms with Gasteiger partial charge in [0.1, 0.15) is 16.8 Å². The van der Waals surface area contributed by atoms with Crippen LogP contribution in [0.2, 0.25) is 5.15 Å². The minimum atomic E-state index is -0.428. The first-order valence-corrected chi connectivity index (χ1v) is 9.20. The molecule has 144 valence electrons. The lowest BCUT2D eigenvalue weighted by Crippen LogP contribution is -2.53. The zero-order chi connectivity index (χ0) is 19.2. The molecule has 0 aliphatic carbocycles. The van der Waals surface area contributed by atoms with Crippen molar-refractivity contribution in [1.82, 2.24) is 15.2 Å². The zero-order valence-electron chi connectivity index (χ0n) is 15.1. The number of pyridine rings is 1. The first-order chi connectivity index (χ1) is 13.1. The summed E-state index contributed by atoms with van der Waals surface area (Å²) in [5, 5.41) is 3.82. The molecule has 1 aromatic carbocycles. The van der Waals surface area contributed by atoms with Crippen LogP contribution in [-0.4, -0.2) is 55.6 Å². The lowest BCUT2D eigenvalue weighted by Gasteiger charge is -2.37. The third kappa shape index (κ3) is 5.07. The Hall–Kier alpha value is -2.41. The van der Waals surface area contributed by atoms with Gasteiger partial charge in [0, 0.05) is 52.0 Å². The van der Waals surface area contributed by atoms with Crippen LogP contribution in [0.15, 0.2) is 41.5 Å². The van der Waals surface area contributed by atoms with Crippen LogP contribution < -0.4 is 10.2 Å². The summed E-state index contributed by atoms with van der Waals surface area (Å²) in [6.07, 6.45) is 2.57. The number of piperazine rings is 1. The summed E-state index contributed by atoms with van der Waals surface area (Å²) >= 11 is 5.79. The molecule has 0 amide bonds. The molecule has 3 rings (SSSR count). The van der Waals surface area contributed by atoms with Crippen molar-refractivity contribution in [3.8, 4) is 0 Å². The smallest absolute Gasteiger partial charge is 0.193 e. The van der Waals surface area contributed by atoms with E-state index in [4.69, 9.17) is 11.6 Å². The number of guanidine groups is 1. The van der Waals surface area contributed by atoms with E-state index in [9.17, 15) is 8.78 Å². The maximum atomic E-state index is 14.0. The van der Waals surface area contributed by atoms with Gasteiger partial charge in [-0.25, -0.2) is 13.8 Å². The van der Waals surface area contributed by atoms with E-state index >= 15 is 0 Å². The lowest BCUT2D eigenvalue weighted by atomic mass is 10.2. The van der Waals surface area contributed by atoms with Crippen molar-refractivity contribution < 1.29 is 8.78 Å². The summed E-state index contributed by atoms with van der Waals surface area (Å²) in [5.41, 5.74) is 1.40. The Kier molecular flexibility index (Phi) is 6.45. The maximum absolute atomic E-state index is 14.0. The van der Waals surface area contributed by atoms with Crippen molar-refractivity contribution in [3.05, 3.63) is 58.9 Å². The quantitative estimate of drug-likeness (QED) is 0.493. The van der Waals surface area contributed by atoms with Gasteiger partial charge in [0.15, 0.2) is 5.96 Å². The molecule has 0 atom stereocenters. The molecule has 2 aromatic rings. The van der Waals surface area contributed by atoms with E-state index in [0.29, 0.717) is 43.6 Å². The molecule has 1 N–H and O–H groups in total. The molecule has 27 heavy (non-hydrogen) atoms. The molecule has 0 unspecified atom stereocenters. The topological polar surface area (TPSA) is 43.8 Å². The molecule has 0 spiro atoms. The molecule has 1 fully saturated rings. The van der Waals surface area contributed by atoms with Gasteiger partial charge in [0.25, 0.3) is 0 Å². The lowest BCUT2D eigenvalue weighted by molar-refractivity contribution is 0.371. The molecule has 1 aliphatic heterocycles. The number of nitrogens with zero attached hydrogens (tertiary/aromatic N) is 4. The number of hydrogen-bond donors (Lipinski definition) is 1. The number of anilines is 1. The highest BCUT2D eigenvalue weighted by atomic mass is 35.5. The Morgan fingerprint density at radius 2 is 1.96 bits per heavy atom. The number of benzene rings is 1. The SMILES string of the molecule is CN=C(NCCc1ccc(Cl)nc1)N1CCN(c2cc(F)ccc2F)CC1. The fourth-order valence-electron chi connectivity index (χ4n) is 3.09. The second-order valence-electron chi connectivity index (χ2n) is 6.28. The van der Waals surface area contributed by atoms with Gasteiger partial charge in [-0.2, -0.15) is 0 Å². The van der Waals surface area contributed by atoms with E-state index in [1.165, 1.54) is 12.1 Å². The molecule has 1 aromatic heterocycles. The number of rotatable bonds is 4. The zero-order valence-corrected chi connectivity index (χ0v) is 15.9. The van der Waals surface area contributed by atoms with E-state index in [1.807, 2.05) is 11.0 Å². The van der Waals surface area contributed by atoms with E-state index in [1.54, 1.807) is 19.3 Å². The summed E-state index contributed by atoms with van der Waals surface area (Å²) in [6.45, 7) is 3.27. The van der Waals surface area contributed by atoms with E-state index in [-0.39, 0.29) is 0 Å². The van der Waals surface area contributed by atoms with Gasteiger partial charge in [0.05, 0.1) is 5.69 Å². The molecule has 8 heteroatoms. The summed E-state index contributed by atoms with van der Waals surface area (Å²) in [6, 6.07) is 7.28. The molecule has 2 heterocycles. The molecule has 0 bridgehead atoms. The van der Waals surface area contributed by atoms with Gasteiger partial charge in [-0.15, -0.1) is 0 Å². The predicted molar refractivity (Wildman–Crippen MR) is 104 cm³/mol. The Morgan fingerprint density at radius 1 is 1.19 bits per heavy atom. The third-order valence-electron chi connectivity index (χ3n) is 4.53. The van der Waals surface area contributed by atoms with Crippen LogP contribution in [-0.2, 0) is 6.42 Å². The largest absolute Gasteiger partial charge is 0.366 e. The monoisotopic (exact) mass is 393 g/mol. The molecular weight excluding hydrogens is 372 g/mol. The normalized spacial score (nSPS) is 15.2. The first-order valence-electron chi connectivity index (χ1n) is 8.83. The van der Waals surface area contributed by atoms with Crippen LogP contribution in [0.25, 0.3) is 0 Å². The van der Waals surface area contributed by atoms with Gasteiger partial charge in [0.2, 0.25) is 0 Å². The second kappa shape index (κ2) is 8.99. The highest BCUT2D eigenvalue weighted by Crippen LogP contribution is 2.21. The van der Waals surface area contributed by atoms with Crippen LogP contribution in [0.3, 0.4) is 0 Å². The van der Waals surface area contributed by atoms with Gasteiger partial charge in [-0.3, -0.25) is 4.99 Å². The van der Waals surface area contributed by atoms with Crippen LogP contribution in [0.5, 0.6) is 0 Å². The van der Waals surface area contributed by atoms with Crippen molar-refractivity contribution in [2.24, 2.45) is 4.99 Å². The highest BCUT2D eigenvalue weighted by molar-refractivity contribution is 6.29. The van der Waals surface area contributed by atoms with E-state index in [2.05, 4.69) is 20.2 Å².